The number of anilines is 3. The summed E-state index contributed by atoms with van der Waals surface area (Å²) in [6, 6.07) is 5.56. The summed E-state index contributed by atoms with van der Waals surface area (Å²) in [6.45, 7) is 1.68. The molecule has 0 amide bonds. The number of carbonyl (C=O) groups is 1. The summed E-state index contributed by atoms with van der Waals surface area (Å²) in [5.41, 5.74) is 1.41. The summed E-state index contributed by atoms with van der Waals surface area (Å²) in [7, 11) is 5.46. The topological polar surface area (TPSA) is 70.6 Å². The van der Waals surface area contributed by atoms with Gasteiger partial charge in [0.1, 0.15) is 5.82 Å². The highest BCUT2D eigenvalue weighted by atomic mass is 19.1. The van der Waals surface area contributed by atoms with E-state index in [-0.39, 0.29) is 17.3 Å². The van der Waals surface area contributed by atoms with Crippen LogP contribution in [0.2, 0.25) is 0 Å². The van der Waals surface area contributed by atoms with E-state index in [1.807, 2.05) is 0 Å². The van der Waals surface area contributed by atoms with E-state index in [0.29, 0.717) is 17.4 Å². The first-order chi connectivity index (χ1) is 13.0. The SMILES string of the molecule is COC(=O)c1cnc(Nc2ccc(N3CCC(N(C)C)CC3)c(F)c2)nc1. The van der Waals surface area contributed by atoms with Crippen LogP contribution in [0.25, 0.3) is 0 Å². The summed E-state index contributed by atoms with van der Waals surface area (Å²) in [5.74, 6) is -0.508. The number of carbonyl (C=O) groups excluding carboxylic acids is 1. The molecular weight excluding hydrogens is 349 g/mol. The third-order valence-electron chi connectivity index (χ3n) is 4.81. The van der Waals surface area contributed by atoms with Crippen molar-refractivity contribution in [3.8, 4) is 0 Å². The maximum Gasteiger partial charge on any atom is 0.341 e. The number of hydrogen-bond acceptors (Lipinski definition) is 7. The highest BCUT2D eigenvalue weighted by molar-refractivity contribution is 5.88. The molecule has 2 heterocycles. The van der Waals surface area contributed by atoms with E-state index >= 15 is 0 Å². The average Bonchev–Trinajstić information content (AvgIpc) is 2.68. The number of halogens is 1. The Morgan fingerprint density at radius 3 is 2.48 bits per heavy atom. The van der Waals surface area contributed by atoms with Gasteiger partial charge in [-0.2, -0.15) is 0 Å². The number of nitrogens with one attached hydrogen (secondary N) is 1. The molecule has 2 aromatic rings. The molecule has 0 atom stereocenters. The van der Waals surface area contributed by atoms with Crippen molar-refractivity contribution in [1.82, 2.24) is 14.9 Å². The van der Waals surface area contributed by atoms with Crippen molar-refractivity contribution in [2.45, 2.75) is 18.9 Å². The lowest BCUT2D eigenvalue weighted by molar-refractivity contribution is 0.0600. The number of esters is 1. The van der Waals surface area contributed by atoms with Gasteiger partial charge in [-0.25, -0.2) is 19.2 Å². The zero-order valence-corrected chi connectivity index (χ0v) is 15.8. The summed E-state index contributed by atoms with van der Waals surface area (Å²) < 4.78 is 19.2. The Hall–Kier alpha value is -2.74. The zero-order chi connectivity index (χ0) is 19.4. The first kappa shape index (κ1) is 19.0. The van der Waals surface area contributed by atoms with Crippen molar-refractivity contribution in [2.75, 3.05) is 44.5 Å². The monoisotopic (exact) mass is 373 g/mol. The van der Waals surface area contributed by atoms with E-state index in [1.54, 1.807) is 12.1 Å². The second-order valence-corrected chi connectivity index (χ2v) is 6.76. The molecule has 0 spiro atoms. The molecule has 0 bridgehead atoms. The quantitative estimate of drug-likeness (QED) is 0.808. The maximum atomic E-state index is 14.6. The van der Waals surface area contributed by atoms with Crippen LogP contribution in [0.1, 0.15) is 23.2 Å². The molecule has 7 nitrogen and oxygen atoms in total. The largest absolute Gasteiger partial charge is 0.465 e. The van der Waals surface area contributed by atoms with Gasteiger partial charge in [0.15, 0.2) is 0 Å². The minimum atomic E-state index is -0.505. The molecule has 0 radical (unpaired) electrons. The summed E-state index contributed by atoms with van der Waals surface area (Å²) in [4.78, 5) is 23.8. The number of methoxy groups -OCH3 is 1. The lowest BCUT2D eigenvalue weighted by Gasteiger charge is -2.36. The van der Waals surface area contributed by atoms with Gasteiger partial charge < -0.3 is 19.9 Å². The number of benzene rings is 1. The number of nitrogens with zero attached hydrogens (tertiary/aromatic N) is 4. The number of aromatic nitrogens is 2. The van der Waals surface area contributed by atoms with Gasteiger partial charge in [-0.15, -0.1) is 0 Å². The van der Waals surface area contributed by atoms with Gasteiger partial charge in [-0.05, 0) is 45.1 Å². The van der Waals surface area contributed by atoms with Crippen LogP contribution in [-0.2, 0) is 4.74 Å². The molecule has 27 heavy (non-hydrogen) atoms. The summed E-state index contributed by atoms with van der Waals surface area (Å²) >= 11 is 0. The van der Waals surface area contributed by atoms with Gasteiger partial charge >= 0.3 is 5.97 Å². The van der Waals surface area contributed by atoms with Crippen LogP contribution < -0.4 is 10.2 Å². The molecule has 0 aliphatic carbocycles. The third kappa shape index (κ3) is 4.51. The Morgan fingerprint density at radius 2 is 1.93 bits per heavy atom. The van der Waals surface area contributed by atoms with Crippen molar-refractivity contribution in [3.63, 3.8) is 0 Å². The van der Waals surface area contributed by atoms with Crippen molar-refractivity contribution < 1.29 is 13.9 Å². The van der Waals surface area contributed by atoms with Crippen molar-refractivity contribution in [3.05, 3.63) is 42.0 Å². The predicted octanol–water partition coefficient (Wildman–Crippen LogP) is 2.68. The molecule has 0 unspecified atom stereocenters. The lowest BCUT2D eigenvalue weighted by Crippen LogP contribution is -2.42. The average molecular weight is 373 g/mol. The highest BCUT2D eigenvalue weighted by Crippen LogP contribution is 2.27. The molecule has 1 aromatic carbocycles. The van der Waals surface area contributed by atoms with Crippen LogP contribution in [-0.4, -0.2) is 61.2 Å². The molecule has 3 rings (SSSR count). The number of hydrogen-bond donors (Lipinski definition) is 1. The van der Waals surface area contributed by atoms with Crippen LogP contribution in [0.3, 0.4) is 0 Å². The second kappa shape index (κ2) is 8.30. The lowest BCUT2D eigenvalue weighted by atomic mass is 10.0. The summed E-state index contributed by atoms with van der Waals surface area (Å²) in [5, 5.41) is 2.94. The first-order valence-corrected chi connectivity index (χ1v) is 8.86. The Morgan fingerprint density at radius 1 is 1.26 bits per heavy atom. The molecule has 144 valence electrons. The van der Waals surface area contributed by atoms with Crippen LogP contribution in [0, 0.1) is 5.82 Å². The fraction of sp³-hybridized carbons (Fsp3) is 0.421. The Balaban J connectivity index is 1.65. The van der Waals surface area contributed by atoms with Crippen LogP contribution in [0.4, 0.5) is 21.7 Å². The zero-order valence-electron chi connectivity index (χ0n) is 15.8. The van der Waals surface area contributed by atoms with Crippen molar-refractivity contribution >= 4 is 23.3 Å². The van der Waals surface area contributed by atoms with E-state index in [9.17, 15) is 9.18 Å². The molecule has 1 aromatic heterocycles. The molecule has 1 aliphatic rings. The van der Waals surface area contributed by atoms with Gasteiger partial charge in [0.25, 0.3) is 0 Å². The fourth-order valence-corrected chi connectivity index (χ4v) is 3.21. The Kier molecular flexibility index (Phi) is 5.85. The van der Waals surface area contributed by atoms with E-state index in [1.165, 1.54) is 25.6 Å². The van der Waals surface area contributed by atoms with E-state index in [2.05, 4.69) is 43.9 Å². The van der Waals surface area contributed by atoms with E-state index < -0.39 is 5.97 Å². The molecule has 1 N–H and O–H groups in total. The standard InChI is InChI=1S/C19H24FN5O2/c1-24(2)15-6-8-25(9-7-15)17-5-4-14(10-16(17)20)23-19-21-11-13(12-22-19)18(26)27-3/h4-5,10-12,15H,6-9H2,1-3H3,(H,21,22,23). The van der Waals surface area contributed by atoms with Crippen LogP contribution in [0.5, 0.6) is 0 Å². The number of piperidine rings is 1. The second-order valence-electron chi connectivity index (χ2n) is 6.76. The maximum absolute atomic E-state index is 14.6. The Bertz CT molecular complexity index is 789. The van der Waals surface area contributed by atoms with Crippen molar-refractivity contribution in [1.29, 1.82) is 0 Å². The number of ether oxygens (including phenoxy) is 1. The molecule has 1 saturated heterocycles. The van der Waals surface area contributed by atoms with Crippen LogP contribution >= 0.6 is 0 Å². The normalized spacial score (nSPS) is 15.1. The number of rotatable bonds is 5. The van der Waals surface area contributed by atoms with Crippen LogP contribution in [0.15, 0.2) is 30.6 Å². The molecule has 8 heteroatoms. The van der Waals surface area contributed by atoms with Gasteiger partial charge in [0, 0.05) is 37.2 Å². The molecule has 1 aliphatic heterocycles. The van der Waals surface area contributed by atoms with Crippen molar-refractivity contribution in [2.24, 2.45) is 0 Å². The van der Waals surface area contributed by atoms with Gasteiger partial charge in [0.2, 0.25) is 5.95 Å². The third-order valence-corrected chi connectivity index (χ3v) is 4.81. The molecule has 0 saturated carbocycles. The van der Waals surface area contributed by atoms with Gasteiger partial charge in [0.05, 0.1) is 18.4 Å². The van der Waals surface area contributed by atoms with E-state index in [4.69, 9.17) is 0 Å². The fourth-order valence-electron chi connectivity index (χ4n) is 3.21. The molecule has 1 fully saturated rings. The first-order valence-electron chi connectivity index (χ1n) is 8.86. The van der Waals surface area contributed by atoms with Gasteiger partial charge in [-0.3, -0.25) is 0 Å². The predicted molar refractivity (Wildman–Crippen MR) is 102 cm³/mol. The minimum Gasteiger partial charge on any atom is -0.465 e. The van der Waals surface area contributed by atoms with Gasteiger partial charge in [-0.1, -0.05) is 0 Å². The molecular formula is C19H24FN5O2. The Labute approximate surface area is 158 Å². The van der Waals surface area contributed by atoms with E-state index in [0.717, 1.165) is 25.9 Å². The highest BCUT2D eigenvalue weighted by Gasteiger charge is 2.22. The minimum absolute atomic E-state index is 0.255. The summed E-state index contributed by atoms with van der Waals surface area (Å²) in [6.07, 6.45) is 4.77. The smallest absolute Gasteiger partial charge is 0.341 e.